The van der Waals surface area contributed by atoms with Crippen molar-refractivity contribution in [1.29, 1.82) is 0 Å². The predicted octanol–water partition coefficient (Wildman–Crippen LogP) is 2.88. The minimum Gasteiger partial charge on any atom is -0.495 e. The van der Waals surface area contributed by atoms with Gasteiger partial charge in [0.1, 0.15) is 11.6 Å². The van der Waals surface area contributed by atoms with Gasteiger partial charge >= 0.3 is 0 Å². The lowest BCUT2D eigenvalue weighted by atomic mass is 10.2. The number of morpholine rings is 1. The first-order chi connectivity index (χ1) is 15.8. The molecule has 0 amide bonds. The van der Waals surface area contributed by atoms with E-state index in [0.717, 1.165) is 81.1 Å². The Balaban J connectivity index is 0.00000306. The van der Waals surface area contributed by atoms with Gasteiger partial charge in [-0.05, 0) is 31.5 Å². The molecule has 180 valence electrons. The Morgan fingerprint density at radius 3 is 2.76 bits per heavy atom. The molecule has 1 unspecified atom stereocenters. The Hall–Kier alpha value is -2.27. The van der Waals surface area contributed by atoms with E-state index in [2.05, 4.69) is 50.5 Å². The van der Waals surface area contributed by atoms with Crippen LogP contribution in [0.15, 0.2) is 47.6 Å². The summed E-state index contributed by atoms with van der Waals surface area (Å²) >= 11 is 0. The van der Waals surface area contributed by atoms with Crippen molar-refractivity contribution in [3.63, 3.8) is 0 Å². The van der Waals surface area contributed by atoms with Crippen LogP contribution in [-0.2, 0) is 11.3 Å². The third-order valence-corrected chi connectivity index (χ3v) is 5.88. The summed E-state index contributed by atoms with van der Waals surface area (Å²) in [5.41, 5.74) is 2.28. The number of rotatable bonds is 7. The highest BCUT2D eigenvalue weighted by atomic mass is 127. The maximum atomic E-state index is 5.55. The number of anilines is 2. The molecule has 1 atom stereocenters. The predicted molar refractivity (Wildman–Crippen MR) is 144 cm³/mol. The van der Waals surface area contributed by atoms with Crippen molar-refractivity contribution in [2.24, 2.45) is 4.99 Å². The Bertz CT molecular complexity index is 906. The topological polar surface area (TPSA) is 74.2 Å². The van der Waals surface area contributed by atoms with Gasteiger partial charge in [0.25, 0.3) is 0 Å². The van der Waals surface area contributed by atoms with Crippen LogP contribution in [0.4, 0.5) is 11.5 Å². The molecule has 2 aliphatic heterocycles. The van der Waals surface area contributed by atoms with E-state index < -0.39 is 0 Å². The standard InChI is InChI=1S/C24H34N6O2.HI/c1-3-25-24(27-17-19-7-6-11-26-23(19)29-13-15-32-16-14-29)28-20-10-12-30(18-20)21-8-4-5-9-22(21)31-2;/h4-9,11,20H,3,10,12-18H2,1-2H3,(H2,25,27,28);1H. The Morgan fingerprint density at radius 1 is 1.15 bits per heavy atom. The van der Waals surface area contributed by atoms with Gasteiger partial charge in [-0.15, -0.1) is 24.0 Å². The molecule has 2 aliphatic rings. The van der Waals surface area contributed by atoms with Crippen LogP contribution in [0.3, 0.4) is 0 Å². The lowest BCUT2D eigenvalue weighted by Crippen LogP contribution is -2.44. The number of nitrogens with zero attached hydrogens (tertiary/aromatic N) is 4. The summed E-state index contributed by atoms with van der Waals surface area (Å²) in [6.45, 7) is 8.62. The van der Waals surface area contributed by atoms with Crippen molar-refractivity contribution < 1.29 is 9.47 Å². The van der Waals surface area contributed by atoms with E-state index in [1.165, 1.54) is 0 Å². The zero-order valence-electron chi connectivity index (χ0n) is 19.5. The summed E-state index contributed by atoms with van der Waals surface area (Å²) < 4.78 is 11.0. The smallest absolute Gasteiger partial charge is 0.191 e. The molecule has 0 radical (unpaired) electrons. The largest absolute Gasteiger partial charge is 0.495 e. The van der Waals surface area contributed by atoms with Gasteiger partial charge in [0.15, 0.2) is 5.96 Å². The molecule has 0 saturated carbocycles. The van der Waals surface area contributed by atoms with E-state index in [-0.39, 0.29) is 24.0 Å². The van der Waals surface area contributed by atoms with Crippen LogP contribution >= 0.6 is 24.0 Å². The highest BCUT2D eigenvalue weighted by Gasteiger charge is 2.25. The van der Waals surface area contributed by atoms with Crippen LogP contribution in [0.2, 0.25) is 0 Å². The Labute approximate surface area is 213 Å². The summed E-state index contributed by atoms with van der Waals surface area (Å²) in [5, 5.41) is 7.02. The fourth-order valence-electron chi connectivity index (χ4n) is 4.28. The van der Waals surface area contributed by atoms with Gasteiger partial charge in [0.05, 0.1) is 32.6 Å². The van der Waals surface area contributed by atoms with Gasteiger partial charge < -0.3 is 29.9 Å². The maximum Gasteiger partial charge on any atom is 0.191 e. The minimum atomic E-state index is 0. The van der Waals surface area contributed by atoms with E-state index in [1.807, 2.05) is 24.4 Å². The quantitative estimate of drug-likeness (QED) is 0.304. The van der Waals surface area contributed by atoms with E-state index >= 15 is 0 Å². The van der Waals surface area contributed by atoms with Crippen molar-refractivity contribution in [3.8, 4) is 5.75 Å². The van der Waals surface area contributed by atoms with Crippen LogP contribution in [0.5, 0.6) is 5.75 Å². The van der Waals surface area contributed by atoms with E-state index in [4.69, 9.17) is 14.5 Å². The first-order valence-electron chi connectivity index (χ1n) is 11.5. The lowest BCUT2D eigenvalue weighted by molar-refractivity contribution is 0.122. The third kappa shape index (κ3) is 6.63. The zero-order chi connectivity index (χ0) is 22.2. The molecule has 0 aliphatic carbocycles. The van der Waals surface area contributed by atoms with Gasteiger partial charge in [-0.2, -0.15) is 0 Å². The van der Waals surface area contributed by atoms with Crippen molar-refractivity contribution in [1.82, 2.24) is 15.6 Å². The summed E-state index contributed by atoms with van der Waals surface area (Å²) in [7, 11) is 1.73. The number of halogens is 1. The first-order valence-corrected chi connectivity index (χ1v) is 11.5. The normalized spacial score (nSPS) is 18.6. The molecular formula is C24H35IN6O2. The number of aromatic nitrogens is 1. The number of benzene rings is 1. The van der Waals surface area contributed by atoms with Crippen molar-refractivity contribution >= 4 is 41.4 Å². The number of guanidine groups is 1. The molecule has 8 nitrogen and oxygen atoms in total. The number of para-hydroxylation sites is 2. The SMILES string of the molecule is CCNC(=NCc1cccnc1N1CCOCC1)NC1CCN(c2ccccc2OC)C1.I. The molecule has 0 bridgehead atoms. The van der Waals surface area contributed by atoms with Gasteiger partial charge in [0, 0.05) is 50.5 Å². The van der Waals surface area contributed by atoms with Crippen LogP contribution in [-0.4, -0.2) is 70.0 Å². The van der Waals surface area contributed by atoms with Crippen molar-refractivity contribution in [3.05, 3.63) is 48.2 Å². The van der Waals surface area contributed by atoms with Gasteiger partial charge in [-0.3, -0.25) is 0 Å². The summed E-state index contributed by atoms with van der Waals surface area (Å²) in [6.07, 6.45) is 2.90. The highest BCUT2D eigenvalue weighted by molar-refractivity contribution is 14.0. The number of pyridine rings is 1. The number of nitrogens with one attached hydrogen (secondary N) is 2. The number of aliphatic imine (C=N–C) groups is 1. The molecule has 33 heavy (non-hydrogen) atoms. The molecule has 1 aromatic heterocycles. The second-order valence-electron chi connectivity index (χ2n) is 8.03. The fourth-order valence-corrected chi connectivity index (χ4v) is 4.28. The molecule has 3 heterocycles. The molecule has 1 aromatic carbocycles. The summed E-state index contributed by atoms with van der Waals surface area (Å²) in [4.78, 5) is 14.2. The lowest BCUT2D eigenvalue weighted by Gasteiger charge is -2.29. The number of hydrogen-bond acceptors (Lipinski definition) is 6. The molecule has 2 saturated heterocycles. The zero-order valence-corrected chi connectivity index (χ0v) is 21.8. The Morgan fingerprint density at radius 2 is 1.97 bits per heavy atom. The number of methoxy groups -OCH3 is 1. The molecular weight excluding hydrogens is 531 g/mol. The van der Waals surface area contributed by atoms with Gasteiger partial charge in [0.2, 0.25) is 0 Å². The van der Waals surface area contributed by atoms with Gasteiger partial charge in [-0.25, -0.2) is 9.98 Å². The van der Waals surface area contributed by atoms with E-state index in [9.17, 15) is 0 Å². The monoisotopic (exact) mass is 566 g/mol. The second-order valence-corrected chi connectivity index (χ2v) is 8.03. The summed E-state index contributed by atoms with van der Waals surface area (Å²) in [5.74, 6) is 2.77. The van der Waals surface area contributed by atoms with Crippen LogP contribution in [0, 0.1) is 0 Å². The van der Waals surface area contributed by atoms with Crippen molar-refractivity contribution in [2.45, 2.75) is 25.9 Å². The molecule has 4 rings (SSSR count). The fraction of sp³-hybridized carbons (Fsp3) is 0.500. The molecule has 2 fully saturated rings. The molecule has 2 N–H and O–H groups in total. The molecule has 2 aromatic rings. The van der Waals surface area contributed by atoms with E-state index in [1.54, 1.807) is 7.11 Å². The highest BCUT2D eigenvalue weighted by Crippen LogP contribution is 2.30. The minimum absolute atomic E-state index is 0. The molecule has 0 spiro atoms. The second kappa shape index (κ2) is 12.8. The third-order valence-electron chi connectivity index (χ3n) is 5.88. The Kier molecular flexibility index (Phi) is 9.86. The maximum absolute atomic E-state index is 5.55. The van der Waals surface area contributed by atoms with E-state index in [0.29, 0.717) is 12.6 Å². The first kappa shape index (κ1) is 25.4. The van der Waals surface area contributed by atoms with Gasteiger partial charge in [-0.1, -0.05) is 18.2 Å². The number of ether oxygens (including phenoxy) is 2. The number of hydrogen-bond donors (Lipinski definition) is 2. The average Bonchev–Trinajstić information content (AvgIpc) is 3.31. The van der Waals surface area contributed by atoms with Crippen LogP contribution in [0.1, 0.15) is 18.9 Å². The van der Waals surface area contributed by atoms with Crippen LogP contribution in [0.25, 0.3) is 0 Å². The van der Waals surface area contributed by atoms with Crippen molar-refractivity contribution in [2.75, 3.05) is 62.8 Å². The molecule has 9 heteroatoms. The van der Waals surface area contributed by atoms with Crippen LogP contribution < -0.4 is 25.2 Å². The summed E-state index contributed by atoms with van der Waals surface area (Å²) in [6, 6.07) is 12.6. The average molecular weight is 566 g/mol.